The van der Waals surface area contributed by atoms with Gasteiger partial charge in [0.1, 0.15) is 0 Å². The number of carbonyl (C=O) groups is 1. The topological polar surface area (TPSA) is 61.8 Å². The molecule has 0 aromatic heterocycles. The molecule has 1 heterocycles. The Balaban J connectivity index is 1.91. The Morgan fingerprint density at radius 1 is 1.40 bits per heavy atom. The summed E-state index contributed by atoms with van der Waals surface area (Å²) in [5.74, 6) is 0.274. The lowest BCUT2D eigenvalue weighted by Gasteiger charge is -2.59. The highest BCUT2D eigenvalue weighted by Gasteiger charge is 2.58. The maximum atomic E-state index is 12.3. The van der Waals surface area contributed by atoms with E-state index in [1.165, 1.54) is 0 Å². The summed E-state index contributed by atoms with van der Waals surface area (Å²) in [7, 11) is 1.72. The van der Waals surface area contributed by atoms with Gasteiger partial charge >= 0.3 is 6.03 Å². The fourth-order valence-corrected chi connectivity index (χ4v) is 3.20. The van der Waals surface area contributed by atoms with Gasteiger partial charge in [-0.05, 0) is 25.7 Å². The molecular weight excluding hydrogens is 256 g/mol. The Morgan fingerprint density at radius 2 is 2.05 bits per heavy atom. The number of β-amino-alcohol motifs (C(OH)–C–C–N with tert-alkyl or cyclic N) is 1. The van der Waals surface area contributed by atoms with Crippen LogP contribution in [-0.4, -0.2) is 54.0 Å². The highest BCUT2D eigenvalue weighted by molar-refractivity contribution is 5.75. The first-order valence-corrected chi connectivity index (χ1v) is 7.50. The van der Waals surface area contributed by atoms with Crippen LogP contribution in [0.15, 0.2) is 0 Å². The molecule has 2 rings (SSSR count). The first-order valence-electron chi connectivity index (χ1n) is 7.50. The molecule has 1 aliphatic carbocycles. The van der Waals surface area contributed by atoms with Crippen LogP contribution in [0.25, 0.3) is 0 Å². The Labute approximate surface area is 121 Å². The van der Waals surface area contributed by atoms with Crippen LogP contribution in [0.5, 0.6) is 0 Å². The van der Waals surface area contributed by atoms with Crippen molar-refractivity contribution in [3.63, 3.8) is 0 Å². The van der Waals surface area contributed by atoms with Crippen molar-refractivity contribution in [2.75, 3.05) is 20.2 Å². The van der Waals surface area contributed by atoms with Crippen molar-refractivity contribution < 1.29 is 14.6 Å². The largest absolute Gasteiger partial charge is 0.391 e. The molecule has 116 valence electrons. The van der Waals surface area contributed by atoms with Crippen LogP contribution in [0.1, 0.15) is 40.5 Å². The zero-order valence-electron chi connectivity index (χ0n) is 13.3. The van der Waals surface area contributed by atoms with Gasteiger partial charge in [-0.25, -0.2) is 4.79 Å². The standard InChI is InChI=1S/C15H28N2O3/c1-10-6-7-17(9-11(10)18)13(19)16-12-8-15(4,20-5)14(12,2)3/h10-12,18H,6-9H2,1-5H3,(H,16,19). The molecule has 5 nitrogen and oxygen atoms in total. The Morgan fingerprint density at radius 3 is 2.55 bits per heavy atom. The quantitative estimate of drug-likeness (QED) is 0.809. The van der Waals surface area contributed by atoms with E-state index in [1.807, 2.05) is 6.92 Å². The summed E-state index contributed by atoms with van der Waals surface area (Å²) in [6.45, 7) is 9.51. The third kappa shape index (κ3) is 2.42. The predicted octanol–water partition coefficient (Wildman–Crippen LogP) is 1.60. The first kappa shape index (κ1) is 15.6. The molecule has 2 aliphatic rings. The van der Waals surface area contributed by atoms with Crippen molar-refractivity contribution in [1.82, 2.24) is 10.2 Å². The van der Waals surface area contributed by atoms with E-state index < -0.39 is 6.10 Å². The number of likely N-dealkylation sites (tertiary alicyclic amines) is 1. The van der Waals surface area contributed by atoms with Crippen LogP contribution in [0, 0.1) is 11.3 Å². The van der Waals surface area contributed by atoms with Crippen LogP contribution < -0.4 is 5.32 Å². The molecule has 0 bridgehead atoms. The minimum absolute atomic E-state index is 0.0628. The van der Waals surface area contributed by atoms with Gasteiger partial charge in [0.15, 0.2) is 0 Å². The molecule has 20 heavy (non-hydrogen) atoms. The summed E-state index contributed by atoms with van der Waals surface area (Å²) >= 11 is 0. The van der Waals surface area contributed by atoms with Gasteiger partial charge in [-0.3, -0.25) is 0 Å². The van der Waals surface area contributed by atoms with Crippen LogP contribution in [-0.2, 0) is 4.74 Å². The zero-order chi connectivity index (χ0) is 15.1. The molecule has 5 heteroatoms. The minimum Gasteiger partial charge on any atom is -0.391 e. The van der Waals surface area contributed by atoms with Gasteiger partial charge in [0.2, 0.25) is 0 Å². The normalized spacial score (nSPS) is 40.1. The second-order valence-corrected chi connectivity index (χ2v) is 7.14. The van der Waals surface area contributed by atoms with E-state index in [9.17, 15) is 9.90 Å². The maximum Gasteiger partial charge on any atom is 0.317 e. The molecule has 4 unspecified atom stereocenters. The SMILES string of the molecule is COC1(C)CC(NC(=O)N2CCC(C)C(O)C2)C1(C)C. The number of hydrogen-bond acceptors (Lipinski definition) is 3. The van der Waals surface area contributed by atoms with E-state index in [4.69, 9.17) is 4.74 Å². The molecule has 0 aromatic carbocycles. The van der Waals surface area contributed by atoms with Crippen molar-refractivity contribution in [1.29, 1.82) is 0 Å². The number of urea groups is 1. The molecule has 0 radical (unpaired) electrons. The number of piperidine rings is 1. The fraction of sp³-hybridized carbons (Fsp3) is 0.933. The Bertz CT molecular complexity index is 385. The molecule has 4 atom stereocenters. The smallest absolute Gasteiger partial charge is 0.317 e. The first-order chi connectivity index (χ1) is 9.21. The Kier molecular flexibility index (Phi) is 4.04. The summed E-state index contributed by atoms with van der Waals surface area (Å²) in [5.41, 5.74) is -0.264. The number of nitrogens with zero attached hydrogens (tertiary/aromatic N) is 1. The molecule has 1 saturated carbocycles. The summed E-state index contributed by atoms with van der Waals surface area (Å²) < 4.78 is 5.57. The van der Waals surface area contributed by atoms with Crippen LogP contribution in [0.2, 0.25) is 0 Å². The van der Waals surface area contributed by atoms with Gasteiger partial charge < -0.3 is 20.1 Å². The molecule has 0 aromatic rings. The van der Waals surface area contributed by atoms with Gasteiger partial charge in [0.25, 0.3) is 0 Å². The molecule has 2 N–H and O–H groups in total. The summed E-state index contributed by atoms with van der Waals surface area (Å²) in [6.07, 6.45) is 1.28. The van der Waals surface area contributed by atoms with Crippen molar-refractivity contribution in [3.05, 3.63) is 0 Å². The molecule has 2 amide bonds. The highest BCUT2D eigenvalue weighted by atomic mass is 16.5. The molecule has 2 fully saturated rings. The maximum absolute atomic E-state index is 12.3. The van der Waals surface area contributed by atoms with Crippen LogP contribution in [0.3, 0.4) is 0 Å². The third-order valence-electron chi connectivity index (χ3n) is 5.78. The van der Waals surface area contributed by atoms with E-state index in [0.29, 0.717) is 6.54 Å². The van der Waals surface area contributed by atoms with Gasteiger partial charge in [-0.1, -0.05) is 20.8 Å². The lowest BCUT2D eigenvalue weighted by molar-refractivity contribution is -0.178. The van der Waals surface area contributed by atoms with E-state index in [0.717, 1.165) is 19.4 Å². The van der Waals surface area contributed by atoms with Gasteiger partial charge in [-0.15, -0.1) is 0 Å². The summed E-state index contributed by atoms with van der Waals surface area (Å²) in [6, 6.07) is 0.0589. The average molecular weight is 284 g/mol. The fourth-order valence-electron chi connectivity index (χ4n) is 3.20. The number of aliphatic hydroxyl groups excluding tert-OH is 1. The van der Waals surface area contributed by atoms with E-state index in [2.05, 4.69) is 26.1 Å². The average Bonchev–Trinajstić information content (AvgIpc) is 2.40. The number of hydrogen-bond donors (Lipinski definition) is 2. The number of amides is 2. The predicted molar refractivity (Wildman–Crippen MR) is 77.5 cm³/mol. The van der Waals surface area contributed by atoms with E-state index in [-0.39, 0.29) is 29.0 Å². The highest BCUT2D eigenvalue weighted by Crippen LogP contribution is 2.51. The number of nitrogens with one attached hydrogen (secondary N) is 1. The number of rotatable bonds is 2. The molecule has 1 saturated heterocycles. The van der Waals surface area contributed by atoms with Crippen molar-refractivity contribution in [2.24, 2.45) is 11.3 Å². The zero-order valence-corrected chi connectivity index (χ0v) is 13.3. The second-order valence-electron chi connectivity index (χ2n) is 7.14. The Hall–Kier alpha value is -0.810. The number of aliphatic hydroxyl groups is 1. The molecule has 0 spiro atoms. The minimum atomic E-state index is -0.409. The number of carbonyl (C=O) groups excluding carboxylic acids is 1. The third-order valence-corrected chi connectivity index (χ3v) is 5.78. The van der Waals surface area contributed by atoms with Gasteiger partial charge in [-0.2, -0.15) is 0 Å². The lowest BCUT2D eigenvalue weighted by Crippen LogP contribution is -2.69. The van der Waals surface area contributed by atoms with Gasteiger partial charge in [0, 0.05) is 31.7 Å². The van der Waals surface area contributed by atoms with Crippen LogP contribution >= 0.6 is 0 Å². The van der Waals surface area contributed by atoms with Gasteiger partial charge in [0.05, 0.1) is 11.7 Å². The van der Waals surface area contributed by atoms with Crippen molar-refractivity contribution in [2.45, 2.75) is 58.3 Å². The van der Waals surface area contributed by atoms with E-state index >= 15 is 0 Å². The summed E-state index contributed by atoms with van der Waals surface area (Å²) in [5, 5.41) is 13.0. The monoisotopic (exact) mass is 284 g/mol. The van der Waals surface area contributed by atoms with E-state index in [1.54, 1.807) is 12.0 Å². The molecular formula is C15H28N2O3. The van der Waals surface area contributed by atoms with Crippen LogP contribution in [0.4, 0.5) is 4.79 Å². The summed E-state index contributed by atoms with van der Waals surface area (Å²) in [4.78, 5) is 14.0. The lowest BCUT2D eigenvalue weighted by atomic mass is 9.56. The molecule has 1 aliphatic heterocycles. The second kappa shape index (κ2) is 5.19. The number of ether oxygens (including phenoxy) is 1. The van der Waals surface area contributed by atoms with Crippen molar-refractivity contribution in [3.8, 4) is 0 Å². The van der Waals surface area contributed by atoms with Crippen molar-refractivity contribution >= 4 is 6.03 Å². The number of methoxy groups -OCH3 is 1.